The average Bonchev–Trinajstić information content (AvgIpc) is 2.45. The number of fused-ring (bicyclic) bond motifs is 1. The van der Waals surface area contributed by atoms with Gasteiger partial charge in [-0.3, -0.25) is 4.79 Å². The maximum Gasteiger partial charge on any atom is 0.256 e. The molecule has 0 saturated heterocycles. The van der Waals surface area contributed by atoms with Crippen LogP contribution in [-0.4, -0.2) is 48.6 Å². The summed E-state index contributed by atoms with van der Waals surface area (Å²) in [5.74, 6) is -0.467. The highest BCUT2D eigenvalue weighted by Crippen LogP contribution is 2.27. The SMILES string of the molecule is O=C(c1cccc2c1NCCC2)N(CCO)CC(F)F. The summed E-state index contributed by atoms with van der Waals surface area (Å²) in [6.45, 7) is -0.317. The Balaban J connectivity index is 2.26. The topological polar surface area (TPSA) is 52.6 Å². The van der Waals surface area contributed by atoms with E-state index in [1.165, 1.54) is 0 Å². The van der Waals surface area contributed by atoms with Crippen LogP contribution in [0.5, 0.6) is 0 Å². The van der Waals surface area contributed by atoms with Gasteiger partial charge in [0.05, 0.1) is 24.4 Å². The summed E-state index contributed by atoms with van der Waals surface area (Å²) in [5.41, 5.74) is 2.17. The van der Waals surface area contributed by atoms with Crippen LogP contribution in [0.4, 0.5) is 14.5 Å². The van der Waals surface area contributed by atoms with Crippen LogP contribution in [0.25, 0.3) is 0 Å². The fourth-order valence-electron chi connectivity index (χ4n) is 2.42. The number of anilines is 1. The van der Waals surface area contributed by atoms with Crippen molar-refractivity contribution in [2.45, 2.75) is 19.3 Å². The molecule has 0 spiro atoms. The number of carbonyl (C=O) groups excluding carboxylic acids is 1. The second-order valence-corrected chi connectivity index (χ2v) is 4.74. The molecule has 0 fully saturated rings. The molecule has 110 valence electrons. The molecule has 0 aromatic heterocycles. The summed E-state index contributed by atoms with van der Waals surface area (Å²) in [4.78, 5) is 13.4. The Hall–Kier alpha value is -1.69. The van der Waals surface area contributed by atoms with Crippen molar-refractivity contribution >= 4 is 11.6 Å². The fourth-order valence-corrected chi connectivity index (χ4v) is 2.42. The van der Waals surface area contributed by atoms with Gasteiger partial charge >= 0.3 is 0 Å². The van der Waals surface area contributed by atoms with Gasteiger partial charge in [-0.15, -0.1) is 0 Å². The molecule has 1 heterocycles. The van der Waals surface area contributed by atoms with Gasteiger partial charge in [-0.2, -0.15) is 0 Å². The third-order valence-electron chi connectivity index (χ3n) is 3.32. The zero-order valence-corrected chi connectivity index (χ0v) is 11.1. The Labute approximate surface area is 116 Å². The van der Waals surface area contributed by atoms with Gasteiger partial charge < -0.3 is 15.3 Å². The number of aliphatic hydroxyl groups is 1. The molecule has 0 atom stereocenters. The molecule has 6 heteroatoms. The average molecular weight is 284 g/mol. The molecule has 20 heavy (non-hydrogen) atoms. The van der Waals surface area contributed by atoms with Gasteiger partial charge in [-0.25, -0.2) is 8.78 Å². The van der Waals surface area contributed by atoms with Gasteiger partial charge in [0.25, 0.3) is 12.3 Å². The van der Waals surface area contributed by atoms with Crippen molar-refractivity contribution in [3.63, 3.8) is 0 Å². The minimum Gasteiger partial charge on any atom is -0.395 e. The number of rotatable bonds is 5. The van der Waals surface area contributed by atoms with Gasteiger partial charge in [0.2, 0.25) is 0 Å². The molecule has 0 unspecified atom stereocenters. The molecule has 2 rings (SSSR count). The maximum absolute atomic E-state index is 12.5. The summed E-state index contributed by atoms with van der Waals surface area (Å²) in [7, 11) is 0. The van der Waals surface area contributed by atoms with Crippen LogP contribution >= 0.6 is 0 Å². The van der Waals surface area contributed by atoms with E-state index in [0.717, 1.165) is 35.5 Å². The second-order valence-electron chi connectivity index (χ2n) is 4.74. The molecular formula is C14H18F2N2O2. The Morgan fingerprint density at radius 1 is 1.45 bits per heavy atom. The number of alkyl halides is 2. The highest BCUT2D eigenvalue weighted by atomic mass is 19.3. The van der Waals surface area contributed by atoms with Crippen LogP contribution in [0.15, 0.2) is 18.2 Å². The monoisotopic (exact) mass is 284 g/mol. The molecular weight excluding hydrogens is 266 g/mol. The van der Waals surface area contributed by atoms with Gasteiger partial charge in [0.15, 0.2) is 0 Å². The standard InChI is InChI=1S/C14H18F2N2O2/c15-12(16)9-18(7-8-19)14(20)11-5-1-3-10-4-2-6-17-13(10)11/h1,3,5,12,17,19H,2,4,6-9H2. The number of para-hydroxylation sites is 1. The molecule has 4 nitrogen and oxygen atoms in total. The molecule has 0 aliphatic carbocycles. The maximum atomic E-state index is 12.5. The minimum absolute atomic E-state index is 0.0904. The van der Waals surface area contributed by atoms with E-state index in [2.05, 4.69) is 5.32 Å². The number of amides is 1. The van der Waals surface area contributed by atoms with E-state index in [4.69, 9.17) is 5.11 Å². The predicted molar refractivity (Wildman–Crippen MR) is 72.2 cm³/mol. The summed E-state index contributed by atoms with van der Waals surface area (Å²) in [5, 5.41) is 12.1. The van der Waals surface area contributed by atoms with Crippen molar-refractivity contribution in [1.82, 2.24) is 4.90 Å². The lowest BCUT2D eigenvalue weighted by atomic mass is 9.99. The molecule has 2 N–H and O–H groups in total. The largest absolute Gasteiger partial charge is 0.395 e. The first-order valence-electron chi connectivity index (χ1n) is 6.67. The number of halogens is 2. The highest BCUT2D eigenvalue weighted by Gasteiger charge is 2.23. The van der Waals surface area contributed by atoms with E-state index in [1.54, 1.807) is 12.1 Å². The van der Waals surface area contributed by atoms with Gasteiger partial charge in [0.1, 0.15) is 0 Å². The third kappa shape index (κ3) is 3.25. The number of aryl methyl sites for hydroxylation is 1. The Morgan fingerprint density at radius 3 is 2.95 bits per heavy atom. The zero-order valence-electron chi connectivity index (χ0n) is 11.1. The number of nitrogens with zero attached hydrogens (tertiary/aromatic N) is 1. The zero-order chi connectivity index (χ0) is 14.5. The van der Waals surface area contributed by atoms with Crippen molar-refractivity contribution in [2.24, 2.45) is 0 Å². The number of benzene rings is 1. The van der Waals surface area contributed by atoms with E-state index in [-0.39, 0.29) is 13.2 Å². The van der Waals surface area contributed by atoms with Crippen LogP contribution in [0.1, 0.15) is 22.3 Å². The predicted octanol–water partition coefficient (Wildman–Crippen LogP) is 1.74. The fraction of sp³-hybridized carbons (Fsp3) is 0.500. The highest BCUT2D eigenvalue weighted by molar-refractivity contribution is 6.00. The van der Waals surface area contributed by atoms with Crippen LogP contribution in [-0.2, 0) is 6.42 Å². The van der Waals surface area contributed by atoms with Gasteiger partial charge in [-0.05, 0) is 24.5 Å². The molecule has 0 bridgehead atoms. The van der Waals surface area contributed by atoms with Crippen LogP contribution in [0, 0.1) is 0 Å². The van der Waals surface area contributed by atoms with E-state index < -0.39 is 18.9 Å². The Morgan fingerprint density at radius 2 is 2.25 bits per heavy atom. The number of hydrogen-bond acceptors (Lipinski definition) is 3. The normalized spacial score (nSPS) is 13.8. The number of hydrogen-bond donors (Lipinski definition) is 2. The molecule has 1 aliphatic heterocycles. The van der Waals surface area contributed by atoms with Crippen LogP contribution in [0.3, 0.4) is 0 Å². The van der Waals surface area contributed by atoms with Crippen LogP contribution < -0.4 is 5.32 Å². The summed E-state index contributed by atoms with van der Waals surface area (Å²) in [6.07, 6.45) is -0.752. The summed E-state index contributed by atoms with van der Waals surface area (Å²) < 4.78 is 25.1. The Bertz CT molecular complexity index is 480. The summed E-state index contributed by atoms with van der Waals surface area (Å²) in [6, 6.07) is 5.33. The first-order chi connectivity index (χ1) is 9.63. The second kappa shape index (κ2) is 6.65. The van der Waals surface area contributed by atoms with Crippen molar-refractivity contribution < 1.29 is 18.7 Å². The molecule has 1 aliphatic rings. The summed E-state index contributed by atoms with van der Waals surface area (Å²) >= 11 is 0. The molecule has 1 aromatic rings. The van der Waals surface area contributed by atoms with Gasteiger partial charge in [0, 0.05) is 13.1 Å². The quantitative estimate of drug-likeness (QED) is 0.866. The van der Waals surface area contributed by atoms with E-state index >= 15 is 0 Å². The van der Waals surface area contributed by atoms with E-state index in [9.17, 15) is 13.6 Å². The number of nitrogens with one attached hydrogen (secondary N) is 1. The lowest BCUT2D eigenvalue weighted by Gasteiger charge is -2.25. The van der Waals surface area contributed by atoms with E-state index in [1.807, 2.05) is 6.07 Å². The number of aliphatic hydroxyl groups excluding tert-OH is 1. The Kier molecular flexibility index (Phi) is 4.89. The molecule has 0 radical (unpaired) electrons. The third-order valence-corrected chi connectivity index (χ3v) is 3.32. The van der Waals surface area contributed by atoms with Crippen molar-refractivity contribution in [1.29, 1.82) is 0 Å². The van der Waals surface area contributed by atoms with Gasteiger partial charge in [-0.1, -0.05) is 12.1 Å². The van der Waals surface area contributed by atoms with Crippen molar-refractivity contribution in [2.75, 3.05) is 31.6 Å². The van der Waals surface area contributed by atoms with Crippen LogP contribution in [0.2, 0.25) is 0 Å². The lowest BCUT2D eigenvalue weighted by molar-refractivity contribution is 0.0510. The molecule has 0 saturated carbocycles. The van der Waals surface area contributed by atoms with E-state index in [0.29, 0.717) is 5.56 Å². The number of carbonyl (C=O) groups is 1. The minimum atomic E-state index is -2.61. The van der Waals surface area contributed by atoms with Crippen molar-refractivity contribution in [3.8, 4) is 0 Å². The smallest absolute Gasteiger partial charge is 0.256 e. The van der Waals surface area contributed by atoms with Crippen molar-refractivity contribution in [3.05, 3.63) is 29.3 Å². The lowest BCUT2D eigenvalue weighted by Crippen LogP contribution is -2.37. The molecule has 1 amide bonds. The first-order valence-corrected chi connectivity index (χ1v) is 6.67. The first kappa shape index (κ1) is 14.7. The molecule has 1 aromatic carbocycles.